The number of para-hydroxylation sites is 2. The van der Waals surface area contributed by atoms with E-state index in [0.29, 0.717) is 6.54 Å². The van der Waals surface area contributed by atoms with Crippen LogP contribution in [0.25, 0.3) is 11.0 Å². The molecule has 3 aromatic rings. The van der Waals surface area contributed by atoms with Crippen LogP contribution in [0.3, 0.4) is 0 Å². The van der Waals surface area contributed by atoms with E-state index in [2.05, 4.69) is 20.9 Å². The minimum atomic E-state index is 0.288. The summed E-state index contributed by atoms with van der Waals surface area (Å²) in [6, 6.07) is 13.4. The molecule has 0 aliphatic carbocycles. The fourth-order valence-electron chi connectivity index (χ4n) is 2.37. The van der Waals surface area contributed by atoms with Crippen molar-refractivity contribution in [3.8, 4) is 5.75 Å². The molecule has 0 atom stereocenters. The molecule has 1 aromatic heterocycles. The Morgan fingerprint density at radius 1 is 1.20 bits per heavy atom. The summed E-state index contributed by atoms with van der Waals surface area (Å²) in [5.41, 5.74) is 4.17. The quantitative estimate of drug-likeness (QED) is 0.716. The Morgan fingerprint density at radius 2 is 2.00 bits per heavy atom. The van der Waals surface area contributed by atoms with Crippen LogP contribution in [-0.4, -0.2) is 14.7 Å². The lowest BCUT2D eigenvalue weighted by Crippen LogP contribution is -2.06. The number of imidazole rings is 1. The molecule has 20 heavy (non-hydrogen) atoms. The Balaban J connectivity index is 1.85. The van der Waals surface area contributed by atoms with Gasteiger partial charge in [-0.25, -0.2) is 4.98 Å². The van der Waals surface area contributed by atoms with Crippen LogP contribution >= 0.6 is 0 Å². The van der Waals surface area contributed by atoms with Crippen LogP contribution in [0.15, 0.2) is 42.5 Å². The molecule has 4 heteroatoms. The second-order valence-corrected chi connectivity index (χ2v) is 4.93. The fraction of sp³-hybridized carbons (Fsp3) is 0.188. The summed E-state index contributed by atoms with van der Waals surface area (Å²) in [4.78, 5) is 4.63. The average Bonchev–Trinajstić information content (AvgIpc) is 2.75. The molecular formula is C16H17N3O. The van der Waals surface area contributed by atoms with E-state index < -0.39 is 0 Å². The molecule has 0 amide bonds. The van der Waals surface area contributed by atoms with Crippen LogP contribution in [-0.2, 0) is 13.6 Å². The first-order valence-corrected chi connectivity index (χ1v) is 6.59. The number of aromatic nitrogens is 2. The molecule has 0 bridgehead atoms. The van der Waals surface area contributed by atoms with Gasteiger partial charge in [0.1, 0.15) is 11.6 Å². The number of benzene rings is 2. The number of aromatic hydroxyl groups is 1. The van der Waals surface area contributed by atoms with Crippen molar-refractivity contribution in [1.29, 1.82) is 0 Å². The Labute approximate surface area is 117 Å². The zero-order valence-electron chi connectivity index (χ0n) is 11.6. The molecule has 0 spiro atoms. The molecule has 2 N–H and O–H groups in total. The van der Waals surface area contributed by atoms with Crippen molar-refractivity contribution < 1.29 is 5.11 Å². The molecule has 0 aliphatic rings. The first-order chi connectivity index (χ1) is 9.65. The fourth-order valence-corrected chi connectivity index (χ4v) is 2.37. The lowest BCUT2D eigenvalue weighted by Gasteiger charge is -2.09. The molecule has 4 nitrogen and oxygen atoms in total. The highest BCUT2D eigenvalue weighted by Crippen LogP contribution is 2.21. The van der Waals surface area contributed by atoms with E-state index in [9.17, 15) is 5.11 Å². The maximum atomic E-state index is 9.42. The zero-order valence-corrected chi connectivity index (χ0v) is 11.6. The van der Waals surface area contributed by atoms with Gasteiger partial charge >= 0.3 is 0 Å². The largest absolute Gasteiger partial charge is 0.508 e. The number of fused-ring (bicyclic) bond motifs is 1. The number of phenols is 1. The van der Waals surface area contributed by atoms with Crippen molar-refractivity contribution in [2.24, 2.45) is 7.05 Å². The normalized spacial score (nSPS) is 10.9. The van der Waals surface area contributed by atoms with Gasteiger partial charge in [-0.1, -0.05) is 12.1 Å². The molecule has 0 saturated heterocycles. The van der Waals surface area contributed by atoms with E-state index in [4.69, 9.17) is 0 Å². The number of aryl methyl sites for hydroxylation is 2. The second kappa shape index (κ2) is 4.89. The molecule has 0 saturated carbocycles. The number of nitrogens with one attached hydrogen (secondary N) is 1. The van der Waals surface area contributed by atoms with Gasteiger partial charge in [0.15, 0.2) is 0 Å². The van der Waals surface area contributed by atoms with Crippen LogP contribution in [0.5, 0.6) is 5.75 Å². The highest BCUT2D eigenvalue weighted by atomic mass is 16.3. The molecular weight excluding hydrogens is 250 g/mol. The van der Waals surface area contributed by atoms with Crippen LogP contribution in [0, 0.1) is 6.92 Å². The summed E-state index contributed by atoms with van der Waals surface area (Å²) in [6.07, 6.45) is 0. The van der Waals surface area contributed by atoms with E-state index in [1.165, 1.54) is 0 Å². The second-order valence-electron chi connectivity index (χ2n) is 4.93. The average molecular weight is 267 g/mol. The van der Waals surface area contributed by atoms with E-state index in [1.807, 2.05) is 38.2 Å². The van der Waals surface area contributed by atoms with Gasteiger partial charge < -0.3 is 15.0 Å². The monoisotopic (exact) mass is 267 g/mol. The van der Waals surface area contributed by atoms with Gasteiger partial charge in [-0.05, 0) is 42.8 Å². The summed E-state index contributed by atoms with van der Waals surface area (Å²) >= 11 is 0. The lowest BCUT2D eigenvalue weighted by molar-refractivity contribution is 0.475. The van der Waals surface area contributed by atoms with Crippen LogP contribution in [0.2, 0.25) is 0 Å². The molecule has 0 aliphatic heterocycles. The van der Waals surface area contributed by atoms with Gasteiger partial charge in [-0.3, -0.25) is 0 Å². The van der Waals surface area contributed by atoms with Gasteiger partial charge in [0, 0.05) is 12.7 Å². The number of hydrogen-bond acceptors (Lipinski definition) is 3. The Kier molecular flexibility index (Phi) is 3.06. The first kappa shape index (κ1) is 12.5. The Bertz CT molecular complexity index is 762. The maximum absolute atomic E-state index is 9.42. The number of anilines is 1. The van der Waals surface area contributed by atoms with Crippen molar-refractivity contribution in [2.45, 2.75) is 13.5 Å². The van der Waals surface area contributed by atoms with Crippen molar-refractivity contribution >= 4 is 16.7 Å². The molecule has 0 radical (unpaired) electrons. The van der Waals surface area contributed by atoms with E-state index >= 15 is 0 Å². The van der Waals surface area contributed by atoms with Crippen molar-refractivity contribution in [2.75, 3.05) is 5.32 Å². The van der Waals surface area contributed by atoms with Gasteiger partial charge in [-0.15, -0.1) is 0 Å². The number of rotatable bonds is 3. The first-order valence-electron chi connectivity index (χ1n) is 6.59. The molecule has 3 rings (SSSR count). The summed E-state index contributed by atoms with van der Waals surface area (Å²) in [5, 5.41) is 12.8. The van der Waals surface area contributed by atoms with Crippen molar-refractivity contribution in [1.82, 2.24) is 9.55 Å². The smallest absolute Gasteiger partial charge is 0.128 e. The number of hydrogen-bond donors (Lipinski definition) is 2. The maximum Gasteiger partial charge on any atom is 0.128 e. The molecule has 0 fully saturated rings. The van der Waals surface area contributed by atoms with E-state index in [0.717, 1.165) is 28.1 Å². The highest BCUT2D eigenvalue weighted by Gasteiger charge is 2.07. The van der Waals surface area contributed by atoms with Crippen molar-refractivity contribution in [3.63, 3.8) is 0 Å². The molecule has 0 unspecified atom stereocenters. The molecule has 2 aromatic carbocycles. The summed E-state index contributed by atoms with van der Waals surface area (Å²) < 4.78 is 2.10. The van der Waals surface area contributed by atoms with Crippen molar-refractivity contribution in [3.05, 3.63) is 53.9 Å². The van der Waals surface area contributed by atoms with Gasteiger partial charge in [0.2, 0.25) is 0 Å². The SMILES string of the molecule is Cc1cc(O)ccc1NCc1nc2ccccc2n1C. The Morgan fingerprint density at radius 3 is 2.75 bits per heavy atom. The Hall–Kier alpha value is -2.49. The number of nitrogens with zero attached hydrogens (tertiary/aromatic N) is 2. The predicted octanol–water partition coefficient (Wildman–Crippen LogP) is 3.20. The van der Waals surface area contributed by atoms with Gasteiger partial charge in [0.25, 0.3) is 0 Å². The third-order valence-electron chi connectivity index (χ3n) is 3.53. The summed E-state index contributed by atoms with van der Waals surface area (Å²) in [7, 11) is 2.02. The lowest BCUT2D eigenvalue weighted by atomic mass is 10.2. The standard InChI is InChI=1S/C16H17N3O/c1-11-9-12(20)7-8-13(11)17-10-16-18-14-5-3-4-6-15(14)19(16)2/h3-9,17,20H,10H2,1-2H3. The van der Waals surface area contributed by atoms with Gasteiger partial charge in [0.05, 0.1) is 17.6 Å². The van der Waals surface area contributed by atoms with E-state index in [-0.39, 0.29) is 5.75 Å². The molecule has 1 heterocycles. The third-order valence-corrected chi connectivity index (χ3v) is 3.53. The van der Waals surface area contributed by atoms with Crippen LogP contribution in [0.1, 0.15) is 11.4 Å². The third kappa shape index (κ3) is 2.20. The highest BCUT2D eigenvalue weighted by molar-refractivity contribution is 5.75. The minimum Gasteiger partial charge on any atom is -0.508 e. The minimum absolute atomic E-state index is 0.288. The number of phenolic OH excluding ortho intramolecular Hbond substituents is 1. The van der Waals surface area contributed by atoms with Crippen LogP contribution < -0.4 is 5.32 Å². The topological polar surface area (TPSA) is 50.1 Å². The summed E-state index contributed by atoms with van der Waals surface area (Å²) in [5.74, 6) is 1.27. The van der Waals surface area contributed by atoms with Crippen LogP contribution in [0.4, 0.5) is 5.69 Å². The predicted molar refractivity (Wildman–Crippen MR) is 80.9 cm³/mol. The van der Waals surface area contributed by atoms with E-state index in [1.54, 1.807) is 12.1 Å². The zero-order chi connectivity index (χ0) is 14.1. The summed E-state index contributed by atoms with van der Waals surface area (Å²) in [6.45, 7) is 2.62. The molecule has 102 valence electrons. The van der Waals surface area contributed by atoms with Gasteiger partial charge in [-0.2, -0.15) is 0 Å².